The highest BCUT2D eigenvalue weighted by Crippen LogP contribution is 2.31. The van der Waals surface area contributed by atoms with Gasteiger partial charge >= 0.3 is 6.18 Å². The highest BCUT2D eigenvalue weighted by molar-refractivity contribution is 6.01. The molecule has 1 fully saturated rings. The van der Waals surface area contributed by atoms with Crippen molar-refractivity contribution in [3.05, 3.63) is 46.1 Å². The Morgan fingerprint density at radius 3 is 2.70 bits per heavy atom. The number of halogens is 3. The van der Waals surface area contributed by atoms with E-state index in [9.17, 15) is 18.0 Å². The molecule has 2 aliphatic heterocycles. The van der Waals surface area contributed by atoms with E-state index in [-0.39, 0.29) is 5.91 Å². The van der Waals surface area contributed by atoms with Crippen LogP contribution < -0.4 is 16.0 Å². The lowest BCUT2D eigenvalue weighted by Crippen LogP contribution is -2.43. The Morgan fingerprint density at radius 2 is 1.94 bits per heavy atom. The van der Waals surface area contributed by atoms with Crippen molar-refractivity contribution in [2.45, 2.75) is 19.0 Å². The third kappa shape index (κ3) is 3.72. The number of nitrogens with one attached hydrogen (secondary N) is 1. The van der Waals surface area contributed by atoms with Gasteiger partial charge in [-0.1, -0.05) is 0 Å². The number of aromatic nitrogens is 2. The quantitative estimate of drug-likeness (QED) is 0.634. The lowest BCUT2D eigenvalue weighted by Gasteiger charge is -2.27. The average molecular weight is 458 g/mol. The topological polar surface area (TPSA) is 65.2 Å². The van der Waals surface area contributed by atoms with Gasteiger partial charge in [0.15, 0.2) is 5.65 Å². The zero-order valence-electron chi connectivity index (χ0n) is 18.5. The van der Waals surface area contributed by atoms with E-state index < -0.39 is 11.7 Å². The molecule has 1 aromatic carbocycles. The van der Waals surface area contributed by atoms with Crippen LogP contribution in [0.4, 0.5) is 13.2 Å². The fraction of sp³-hybridized carbons (Fsp3) is 0.435. The standard InChI is InChI=1S/C23H25F3N6O/c1-27-22(33)16-13-15-18(31-9-3-8-30(2)10-11-31)6-7-28-20(15)32-19-12-14(23(24,25)26)4-5-17(19)29-21(16)32/h4-5,12-13H,3,6-11H2,1-2H3,(H,27,33). The van der Waals surface area contributed by atoms with Crippen LogP contribution in [-0.4, -0.2) is 71.9 Å². The molecule has 0 atom stereocenters. The van der Waals surface area contributed by atoms with Crippen LogP contribution >= 0.6 is 0 Å². The Kier molecular flexibility index (Phi) is 5.27. The molecule has 5 rings (SSSR count). The molecule has 0 saturated carbocycles. The molecule has 0 radical (unpaired) electrons. The van der Waals surface area contributed by atoms with Crippen molar-refractivity contribution in [3.8, 4) is 0 Å². The Balaban J connectivity index is 1.86. The van der Waals surface area contributed by atoms with Crippen molar-refractivity contribution in [2.24, 2.45) is 4.99 Å². The number of carbonyl (C=O) groups excluding carboxylic acids is 1. The number of amides is 1. The molecule has 3 aromatic rings. The second-order valence-electron chi connectivity index (χ2n) is 8.57. The summed E-state index contributed by atoms with van der Waals surface area (Å²) >= 11 is 0. The number of carbonyl (C=O) groups is 1. The Morgan fingerprint density at radius 1 is 1.12 bits per heavy atom. The summed E-state index contributed by atoms with van der Waals surface area (Å²) in [7, 11) is 3.63. The molecular weight excluding hydrogens is 433 g/mol. The second-order valence-corrected chi connectivity index (χ2v) is 8.57. The van der Waals surface area contributed by atoms with E-state index in [0.29, 0.717) is 34.3 Å². The lowest BCUT2D eigenvalue weighted by atomic mass is 10.1. The first-order valence-electron chi connectivity index (χ1n) is 11.0. The number of rotatable bonds is 2. The van der Waals surface area contributed by atoms with E-state index in [1.807, 2.05) is 0 Å². The number of alkyl halides is 3. The zero-order chi connectivity index (χ0) is 23.3. The minimum atomic E-state index is -4.48. The highest BCUT2D eigenvalue weighted by atomic mass is 19.4. The summed E-state index contributed by atoms with van der Waals surface area (Å²) in [6.45, 7) is 4.19. The molecule has 0 bridgehead atoms. The molecule has 10 heteroatoms. The van der Waals surface area contributed by atoms with Gasteiger partial charge in [-0.3, -0.25) is 14.2 Å². The highest BCUT2D eigenvalue weighted by Gasteiger charge is 2.31. The fourth-order valence-electron chi connectivity index (χ4n) is 4.76. The number of benzene rings is 1. The zero-order valence-corrected chi connectivity index (χ0v) is 18.5. The number of nitrogens with zero attached hydrogens (tertiary/aromatic N) is 5. The summed E-state index contributed by atoms with van der Waals surface area (Å²) in [6.07, 6.45) is -2.75. The summed E-state index contributed by atoms with van der Waals surface area (Å²) in [5.74, 6) is -0.338. The van der Waals surface area contributed by atoms with Gasteiger partial charge in [0, 0.05) is 50.6 Å². The van der Waals surface area contributed by atoms with E-state index >= 15 is 0 Å². The number of hydrogen-bond acceptors (Lipinski definition) is 5. The molecule has 174 valence electrons. The van der Waals surface area contributed by atoms with Crippen LogP contribution in [0.1, 0.15) is 28.8 Å². The monoisotopic (exact) mass is 458 g/mol. The van der Waals surface area contributed by atoms with Crippen LogP contribution in [0.5, 0.6) is 0 Å². The predicted molar refractivity (Wildman–Crippen MR) is 118 cm³/mol. The summed E-state index contributed by atoms with van der Waals surface area (Å²) in [4.78, 5) is 26.6. The molecule has 4 heterocycles. The Hall–Kier alpha value is -3.14. The van der Waals surface area contributed by atoms with Crippen LogP contribution in [0.2, 0.25) is 0 Å². The Bertz CT molecular complexity index is 1380. The molecule has 0 aliphatic carbocycles. The maximum absolute atomic E-state index is 13.5. The first kappa shape index (κ1) is 21.7. The fourth-order valence-corrected chi connectivity index (χ4v) is 4.76. The number of imidazole rings is 1. The molecule has 0 spiro atoms. The van der Waals surface area contributed by atoms with Crippen molar-refractivity contribution < 1.29 is 18.0 Å². The summed E-state index contributed by atoms with van der Waals surface area (Å²) in [6, 6.07) is 5.26. The van der Waals surface area contributed by atoms with Gasteiger partial charge in [-0.2, -0.15) is 13.2 Å². The molecule has 1 N–H and O–H groups in total. The van der Waals surface area contributed by atoms with Gasteiger partial charge in [0.2, 0.25) is 0 Å². The van der Waals surface area contributed by atoms with Gasteiger partial charge in [0.1, 0.15) is 5.49 Å². The molecule has 33 heavy (non-hydrogen) atoms. The van der Waals surface area contributed by atoms with Crippen LogP contribution in [0.25, 0.3) is 22.4 Å². The third-order valence-electron chi connectivity index (χ3n) is 6.46. The molecule has 0 unspecified atom stereocenters. The van der Waals surface area contributed by atoms with Gasteiger partial charge in [0.05, 0.1) is 22.2 Å². The van der Waals surface area contributed by atoms with E-state index in [2.05, 4.69) is 27.1 Å². The first-order valence-corrected chi connectivity index (χ1v) is 11.0. The molecular formula is C23H25F3N6O. The van der Waals surface area contributed by atoms with Gasteiger partial charge in [-0.15, -0.1) is 0 Å². The molecule has 2 aliphatic rings. The van der Waals surface area contributed by atoms with Crippen molar-refractivity contribution in [1.29, 1.82) is 0 Å². The molecule has 2 aromatic heterocycles. The smallest absolute Gasteiger partial charge is 0.373 e. The second kappa shape index (κ2) is 8.02. The van der Waals surface area contributed by atoms with Gasteiger partial charge in [-0.25, -0.2) is 4.98 Å². The van der Waals surface area contributed by atoms with E-state index in [1.165, 1.54) is 13.1 Å². The third-order valence-corrected chi connectivity index (χ3v) is 6.46. The van der Waals surface area contributed by atoms with Gasteiger partial charge < -0.3 is 15.1 Å². The molecule has 1 amide bonds. The van der Waals surface area contributed by atoms with Gasteiger partial charge in [0.25, 0.3) is 5.91 Å². The molecule has 7 nitrogen and oxygen atoms in total. The Labute approximate surface area is 188 Å². The van der Waals surface area contributed by atoms with Crippen LogP contribution in [0, 0.1) is 0 Å². The van der Waals surface area contributed by atoms with E-state index in [4.69, 9.17) is 4.99 Å². The maximum Gasteiger partial charge on any atom is 0.416 e. The number of hydrogen-bond donors (Lipinski definition) is 1. The van der Waals surface area contributed by atoms with Gasteiger partial charge in [-0.05, 0) is 44.3 Å². The minimum absolute atomic E-state index is 0.294. The number of fused-ring (bicyclic) bond motifs is 5. The van der Waals surface area contributed by atoms with Crippen molar-refractivity contribution in [1.82, 2.24) is 24.5 Å². The summed E-state index contributed by atoms with van der Waals surface area (Å²) in [5.41, 5.74) is 2.19. The number of pyridine rings is 1. The van der Waals surface area contributed by atoms with Crippen LogP contribution in [0.3, 0.4) is 0 Å². The first-order chi connectivity index (χ1) is 15.8. The van der Waals surface area contributed by atoms with Crippen molar-refractivity contribution >= 4 is 28.3 Å². The maximum atomic E-state index is 13.5. The normalized spacial score (nSPS) is 17.7. The van der Waals surface area contributed by atoms with E-state index in [1.54, 1.807) is 10.5 Å². The van der Waals surface area contributed by atoms with Crippen LogP contribution in [0.15, 0.2) is 29.3 Å². The summed E-state index contributed by atoms with van der Waals surface area (Å²) in [5, 5.41) is 3.42. The summed E-state index contributed by atoms with van der Waals surface area (Å²) < 4.78 is 42.0. The molecule has 1 saturated heterocycles. The lowest BCUT2D eigenvalue weighted by molar-refractivity contribution is -0.137. The van der Waals surface area contributed by atoms with Crippen molar-refractivity contribution in [2.75, 3.05) is 46.8 Å². The van der Waals surface area contributed by atoms with Crippen LogP contribution in [-0.2, 0) is 6.18 Å². The predicted octanol–water partition coefficient (Wildman–Crippen LogP) is 1.63. The SMILES string of the molecule is CNC(=O)c1cc2c(n3c1nc1ccc(C(F)(F)F)cc13)=NCCC=2N1CCCN(C)CC1. The largest absolute Gasteiger partial charge is 0.416 e. The number of likely N-dealkylation sites (N-methyl/N-ethyl adjacent to an activating group) is 1. The van der Waals surface area contributed by atoms with Crippen molar-refractivity contribution in [3.63, 3.8) is 0 Å². The average Bonchev–Trinajstić information content (AvgIpc) is 3.05. The van der Waals surface area contributed by atoms with E-state index in [0.717, 1.165) is 62.1 Å². The minimum Gasteiger partial charge on any atom is -0.373 e.